The average molecular weight is 288 g/mol. The molecule has 1 N–H and O–H groups in total. The molecule has 0 fully saturated rings. The van der Waals surface area contributed by atoms with Gasteiger partial charge in [0.2, 0.25) is 0 Å². The van der Waals surface area contributed by atoms with Crippen LogP contribution in [0, 0.1) is 0 Å². The van der Waals surface area contributed by atoms with Gasteiger partial charge in [0.25, 0.3) is 5.91 Å². The van der Waals surface area contributed by atoms with Crippen molar-refractivity contribution >= 4 is 35.2 Å². The molecule has 0 aliphatic rings. The molecule has 7 heteroatoms. The van der Waals surface area contributed by atoms with E-state index >= 15 is 0 Å². The van der Waals surface area contributed by atoms with E-state index in [1.165, 1.54) is 30.1 Å². The number of hydrogen-bond donors (Lipinski definition) is 1. The quantitative estimate of drug-likeness (QED) is 0.816. The maximum atomic E-state index is 11.7. The number of aromatic nitrogens is 1. The zero-order valence-corrected chi connectivity index (χ0v) is 11.3. The molecular formula is C11H12ClN2O3S-. The number of pyridine rings is 1. The number of carbonyl (C=O) groups excluding carboxylic acids is 2. The molecule has 1 rings (SSSR count). The fourth-order valence-corrected chi connectivity index (χ4v) is 1.88. The minimum absolute atomic E-state index is 0.0814. The van der Waals surface area contributed by atoms with E-state index in [0.29, 0.717) is 17.2 Å². The summed E-state index contributed by atoms with van der Waals surface area (Å²) in [5.41, 5.74) is 0.0814. The van der Waals surface area contributed by atoms with Gasteiger partial charge in [-0.3, -0.25) is 9.78 Å². The summed E-state index contributed by atoms with van der Waals surface area (Å²) in [5, 5.41) is 13.6. The lowest BCUT2D eigenvalue weighted by Crippen LogP contribution is -2.48. The molecule has 1 atom stereocenters. The standard InChI is InChI=1S/C11H13ClN2O3S/c1-18-5-3-8(11(16)17)14-10(15)9-6-7(12)2-4-13-9/h2,4,6,8H,3,5H2,1H3,(H,14,15)(H,16,17)/p-1/t8-/m1/s1. The third kappa shape index (κ3) is 4.54. The topological polar surface area (TPSA) is 82.1 Å². The van der Waals surface area contributed by atoms with Gasteiger partial charge in [0.05, 0.1) is 12.0 Å². The van der Waals surface area contributed by atoms with E-state index in [4.69, 9.17) is 11.6 Å². The van der Waals surface area contributed by atoms with Gasteiger partial charge in [-0.25, -0.2) is 0 Å². The predicted octanol–water partition coefficient (Wildman–Crippen LogP) is 0.336. The predicted molar refractivity (Wildman–Crippen MR) is 68.5 cm³/mol. The van der Waals surface area contributed by atoms with Gasteiger partial charge >= 0.3 is 0 Å². The SMILES string of the molecule is CSCC[C@@H](NC(=O)c1cc(Cl)ccn1)C(=O)[O-]. The molecule has 0 radical (unpaired) electrons. The average Bonchev–Trinajstić information content (AvgIpc) is 2.33. The maximum absolute atomic E-state index is 11.7. The number of aliphatic carboxylic acids is 1. The van der Waals surface area contributed by atoms with Crippen LogP contribution in [-0.2, 0) is 4.79 Å². The third-order valence-electron chi connectivity index (χ3n) is 2.16. The van der Waals surface area contributed by atoms with E-state index < -0.39 is 17.9 Å². The van der Waals surface area contributed by atoms with E-state index in [1.807, 2.05) is 6.26 Å². The van der Waals surface area contributed by atoms with Gasteiger partial charge < -0.3 is 15.2 Å². The Bertz CT molecular complexity index is 442. The molecule has 1 aromatic rings. The highest BCUT2D eigenvalue weighted by Crippen LogP contribution is 2.08. The fourth-order valence-electron chi connectivity index (χ4n) is 1.25. The van der Waals surface area contributed by atoms with E-state index in [9.17, 15) is 14.7 Å². The van der Waals surface area contributed by atoms with Crippen molar-refractivity contribution in [2.24, 2.45) is 0 Å². The van der Waals surface area contributed by atoms with Crippen LogP contribution in [0.15, 0.2) is 18.3 Å². The van der Waals surface area contributed by atoms with Gasteiger partial charge in [-0.1, -0.05) is 11.6 Å². The molecule has 0 aliphatic carbocycles. The number of carboxylic acids is 1. The Labute approximate surface area is 114 Å². The highest BCUT2D eigenvalue weighted by atomic mass is 35.5. The molecule has 1 aromatic heterocycles. The Morgan fingerprint density at radius 1 is 1.61 bits per heavy atom. The van der Waals surface area contributed by atoms with E-state index in [0.717, 1.165) is 0 Å². The van der Waals surface area contributed by atoms with Crippen molar-refractivity contribution in [3.63, 3.8) is 0 Å². The number of amides is 1. The maximum Gasteiger partial charge on any atom is 0.270 e. The van der Waals surface area contributed by atoms with E-state index in [2.05, 4.69) is 10.3 Å². The van der Waals surface area contributed by atoms with Crippen molar-refractivity contribution in [3.8, 4) is 0 Å². The van der Waals surface area contributed by atoms with Crippen LogP contribution in [0.2, 0.25) is 5.02 Å². The number of nitrogens with zero attached hydrogens (tertiary/aromatic N) is 1. The van der Waals surface area contributed by atoms with Crippen LogP contribution in [0.5, 0.6) is 0 Å². The molecule has 0 bridgehead atoms. The van der Waals surface area contributed by atoms with Crippen molar-refractivity contribution in [1.82, 2.24) is 10.3 Å². The largest absolute Gasteiger partial charge is 0.548 e. The fraction of sp³-hybridized carbons (Fsp3) is 0.364. The minimum Gasteiger partial charge on any atom is -0.548 e. The monoisotopic (exact) mass is 287 g/mol. The van der Waals surface area contributed by atoms with Gasteiger partial charge in [-0.05, 0) is 30.6 Å². The first-order valence-electron chi connectivity index (χ1n) is 5.17. The summed E-state index contributed by atoms with van der Waals surface area (Å²) in [6.45, 7) is 0. The second-order valence-corrected chi connectivity index (χ2v) is 4.91. The molecule has 1 amide bonds. The molecule has 5 nitrogen and oxygen atoms in total. The first kappa shape index (κ1) is 14.8. The van der Waals surface area contributed by atoms with Gasteiger partial charge in [0.15, 0.2) is 0 Å². The number of carbonyl (C=O) groups is 2. The van der Waals surface area contributed by atoms with E-state index in [-0.39, 0.29) is 5.69 Å². The second-order valence-electron chi connectivity index (χ2n) is 3.49. The van der Waals surface area contributed by atoms with Crippen molar-refractivity contribution < 1.29 is 14.7 Å². The van der Waals surface area contributed by atoms with E-state index in [1.54, 1.807) is 0 Å². The summed E-state index contributed by atoms with van der Waals surface area (Å²) in [6, 6.07) is 1.88. The Balaban J connectivity index is 2.69. The van der Waals surface area contributed by atoms with Crippen molar-refractivity contribution in [1.29, 1.82) is 0 Å². The Hall–Kier alpha value is -1.27. The van der Waals surface area contributed by atoms with Crippen LogP contribution in [0.1, 0.15) is 16.9 Å². The van der Waals surface area contributed by atoms with Crippen molar-refractivity contribution in [2.75, 3.05) is 12.0 Å². The molecule has 0 spiro atoms. The minimum atomic E-state index is -1.31. The van der Waals surface area contributed by atoms with Crippen LogP contribution in [-0.4, -0.2) is 34.9 Å². The van der Waals surface area contributed by atoms with Gasteiger partial charge in [-0.2, -0.15) is 11.8 Å². The molecule has 0 aromatic carbocycles. The van der Waals surface area contributed by atoms with Crippen molar-refractivity contribution in [3.05, 3.63) is 29.0 Å². The lowest BCUT2D eigenvalue weighted by atomic mass is 10.2. The molecule has 0 unspecified atom stereocenters. The van der Waals surface area contributed by atoms with Gasteiger partial charge in [0.1, 0.15) is 5.69 Å². The number of nitrogens with one attached hydrogen (secondary N) is 1. The Kier molecular flexibility index (Phi) is 5.94. The summed E-state index contributed by atoms with van der Waals surface area (Å²) >= 11 is 7.21. The molecule has 1 heterocycles. The number of hydrogen-bond acceptors (Lipinski definition) is 5. The van der Waals surface area contributed by atoms with Crippen LogP contribution >= 0.6 is 23.4 Å². The van der Waals surface area contributed by atoms with Gasteiger partial charge in [0, 0.05) is 11.2 Å². The van der Waals surface area contributed by atoms with Crippen LogP contribution in [0.25, 0.3) is 0 Å². The first-order valence-corrected chi connectivity index (χ1v) is 6.94. The molecule has 0 saturated heterocycles. The lowest BCUT2D eigenvalue weighted by Gasteiger charge is -2.18. The Morgan fingerprint density at radius 2 is 2.33 bits per heavy atom. The van der Waals surface area contributed by atoms with Crippen LogP contribution < -0.4 is 10.4 Å². The second kappa shape index (κ2) is 7.23. The van der Waals surface area contributed by atoms with Crippen LogP contribution in [0.4, 0.5) is 0 Å². The lowest BCUT2D eigenvalue weighted by molar-refractivity contribution is -0.308. The summed E-state index contributed by atoms with van der Waals surface area (Å²) in [7, 11) is 0. The zero-order chi connectivity index (χ0) is 13.5. The molecule has 18 heavy (non-hydrogen) atoms. The molecule has 98 valence electrons. The number of thioether (sulfide) groups is 1. The number of rotatable bonds is 6. The first-order chi connectivity index (χ1) is 8.54. The summed E-state index contributed by atoms with van der Waals surface area (Å²) in [4.78, 5) is 26.4. The Morgan fingerprint density at radius 3 is 2.89 bits per heavy atom. The van der Waals surface area contributed by atoms with Crippen molar-refractivity contribution in [2.45, 2.75) is 12.5 Å². The summed E-state index contributed by atoms with van der Waals surface area (Å²) in [6.07, 6.45) is 3.54. The highest BCUT2D eigenvalue weighted by Gasteiger charge is 2.15. The number of halogens is 1. The normalized spacial score (nSPS) is 11.9. The van der Waals surface area contributed by atoms with Gasteiger partial charge in [-0.15, -0.1) is 0 Å². The third-order valence-corrected chi connectivity index (χ3v) is 3.03. The smallest absolute Gasteiger partial charge is 0.270 e. The van der Waals surface area contributed by atoms with Crippen LogP contribution in [0.3, 0.4) is 0 Å². The molecule has 0 saturated carbocycles. The summed E-state index contributed by atoms with van der Waals surface area (Å²) < 4.78 is 0. The zero-order valence-electron chi connectivity index (χ0n) is 9.68. The number of carboxylic acid groups (broad SMARTS) is 1. The summed E-state index contributed by atoms with van der Waals surface area (Å²) in [5.74, 6) is -1.27. The highest BCUT2D eigenvalue weighted by molar-refractivity contribution is 7.98. The molecule has 0 aliphatic heterocycles. The molecular weight excluding hydrogens is 276 g/mol.